The van der Waals surface area contributed by atoms with Crippen LogP contribution in [-0.2, 0) is 0 Å². The molecule has 0 saturated heterocycles. The van der Waals surface area contributed by atoms with Gasteiger partial charge >= 0.3 is 0 Å². The van der Waals surface area contributed by atoms with Gasteiger partial charge in [-0.25, -0.2) is 4.39 Å². The van der Waals surface area contributed by atoms with Crippen LogP contribution in [-0.4, -0.2) is 17.4 Å². The summed E-state index contributed by atoms with van der Waals surface area (Å²) in [5.41, 5.74) is 1.05. The highest BCUT2D eigenvalue weighted by Gasteiger charge is 2.10. The van der Waals surface area contributed by atoms with Gasteiger partial charge in [-0.2, -0.15) is 0 Å². The number of amides is 1. The summed E-state index contributed by atoms with van der Waals surface area (Å²) in [4.78, 5) is 14.6. The van der Waals surface area contributed by atoms with E-state index in [1.807, 2.05) is 0 Å². The van der Waals surface area contributed by atoms with E-state index in [0.717, 1.165) is 12.8 Å². The number of carbonyl (C=O) groups excluding carboxylic acids is 1. The van der Waals surface area contributed by atoms with Crippen molar-refractivity contribution in [1.29, 1.82) is 0 Å². The summed E-state index contributed by atoms with van der Waals surface area (Å²) < 4.78 is 13.4. The summed E-state index contributed by atoms with van der Waals surface area (Å²) in [5, 5.41) is 3.24. The van der Waals surface area contributed by atoms with Gasteiger partial charge in [-0.3, -0.25) is 4.79 Å². The van der Waals surface area contributed by atoms with Crippen molar-refractivity contribution in [3.8, 4) is 0 Å². The molecular formula is C13H15FN2O. The molecule has 2 N–H and O–H groups in total. The minimum Gasteiger partial charge on any atom is -0.351 e. The molecule has 0 aliphatic carbocycles. The van der Waals surface area contributed by atoms with Gasteiger partial charge in [0.15, 0.2) is 0 Å². The number of aromatic amines is 1. The van der Waals surface area contributed by atoms with Crippen LogP contribution in [0.5, 0.6) is 0 Å². The second-order valence-corrected chi connectivity index (χ2v) is 3.99. The zero-order valence-corrected chi connectivity index (χ0v) is 9.72. The van der Waals surface area contributed by atoms with E-state index in [4.69, 9.17) is 0 Å². The number of benzene rings is 1. The van der Waals surface area contributed by atoms with E-state index in [1.54, 1.807) is 18.2 Å². The Balaban J connectivity index is 2.19. The van der Waals surface area contributed by atoms with Crippen molar-refractivity contribution in [2.75, 3.05) is 6.54 Å². The molecule has 1 amide bonds. The molecule has 0 unspecified atom stereocenters. The van der Waals surface area contributed by atoms with Crippen LogP contribution in [0.2, 0.25) is 0 Å². The Morgan fingerprint density at radius 2 is 2.29 bits per heavy atom. The molecule has 0 atom stereocenters. The zero-order valence-electron chi connectivity index (χ0n) is 9.72. The molecule has 1 aromatic heterocycles. The van der Waals surface area contributed by atoms with Gasteiger partial charge in [0, 0.05) is 17.4 Å². The molecule has 4 heteroatoms. The van der Waals surface area contributed by atoms with Crippen molar-refractivity contribution < 1.29 is 9.18 Å². The highest BCUT2D eigenvalue weighted by atomic mass is 19.1. The van der Waals surface area contributed by atoms with Crippen LogP contribution < -0.4 is 5.32 Å². The fourth-order valence-electron chi connectivity index (χ4n) is 1.71. The minimum atomic E-state index is -0.314. The van der Waals surface area contributed by atoms with E-state index in [2.05, 4.69) is 17.2 Å². The lowest BCUT2D eigenvalue weighted by molar-refractivity contribution is 0.0949. The maximum Gasteiger partial charge on any atom is 0.267 e. The lowest BCUT2D eigenvalue weighted by atomic mass is 10.2. The van der Waals surface area contributed by atoms with Crippen LogP contribution in [0.15, 0.2) is 24.3 Å². The molecule has 2 aromatic rings. The number of hydrogen-bond acceptors (Lipinski definition) is 1. The lowest BCUT2D eigenvalue weighted by Crippen LogP contribution is -2.24. The second-order valence-electron chi connectivity index (χ2n) is 3.99. The van der Waals surface area contributed by atoms with Gasteiger partial charge in [0.05, 0.1) is 0 Å². The molecule has 0 bridgehead atoms. The number of aromatic nitrogens is 1. The predicted octanol–water partition coefficient (Wildman–Crippen LogP) is 2.84. The van der Waals surface area contributed by atoms with E-state index >= 15 is 0 Å². The third-order valence-corrected chi connectivity index (χ3v) is 2.67. The first-order valence-corrected chi connectivity index (χ1v) is 5.78. The van der Waals surface area contributed by atoms with Gasteiger partial charge < -0.3 is 10.3 Å². The van der Waals surface area contributed by atoms with E-state index < -0.39 is 0 Å². The third kappa shape index (κ3) is 2.46. The van der Waals surface area contributed by atoms with Crippen molar-refractivity contribution in [3.05, 3.63) is 35.8 Å². The molecule has 0 fully saturated rings. The Labute approximate surface area is 99.0 Å². The van der Waals surface area contributed by atoms with Crippen molar-refractivity contribution in [3.63, 3.8) is 0 Å². The molecule has 0 saturated carbocycles. The Bertz CT molecular complexity index is 533. The van der Waals surface area contributed by atoms with Crippen LogP contribution in [0.1, 0.15) is 30.3 Å². The van der Waals surface area contributed by atoms with Gasteiger partial charge in [0.25, 0.3) is 5.91 Å². The van der Waals surface area contributed by atoms with Crippen molar-refractivity contribution in [2.24, 2.45) is 0 Å². The molecular weight excluding hydrogens is 219 g/mol. The normalized spacial score (nSPS) is 10.7. The first-order valence-electron chi connectivity index (χ1n) is 5.78. The maximum atomic E-state index is 13.4. The first kappa shape index (κ1) is 11.6. The minimum absolute atomic E-state index is 0.186. The standard InChI is InChI=1S/C13H15FN2O/c1-2-3-7-15-13(17)12-8-9-10(14)5-4-6-11(9)16-12/h4-6,8,16H,2-3,7H2,1H3,(H,15,17). The quantitative estimate of drug-likeness (QED) is 0.785. The molecule has 0 aliphatic rings. The van der Waals surface area contributed by atoms with Crippen LogP contribution in [0.25, 0.3) is 10.9 Å². The number of halogens is 1. The molecule has 2 rings (SSSR count). The monoisotopic (exact) mass is 234 g/mol. The number of unbranched alkanes of at least 4 members (excludes halogenated alkanes) is 1. The highest BCUT2D eigenvalue weighted by Crippen LogP contribution is 2.18. The van der Waals surface area contributed by atoms with Crippen molar-refractivity contribution >= 4 is 16.8 Å². The Hall–Kier alpha value is -1.84. The van der Waals surface area contributed by atoms with Gasteiger partial charge in [-0.15, -0.1) is 0 Å². The van der Waals surface area contributed by atoms with E-state index in [0.29, 0.717) is 23.1 Å². The predicted molar refractivity (Wildman–Crippen MR) is 65.5 cm³/mol. The summed E-state index contributed by atoms with van der Waals surface area (Å²) >= 11 is 0. The SMILES string of the molecule is CCCCNC(=O)c1cc2c(F)cccc2[nH]1. The topological polar surface area (TPSA) is 44.9 Å². The van der Waals surface area contributed by atoms with Crippen LogP contribution >= 0.6 is 0 Å². The number of hydrogen-bond donors (Lipinski definition) is 2. The van der Waals surface area contributed by atoms with Gasteiger partial charge in [-0.05, 0) is 24.6 Å². The lowest BCUT2D eigenvalue weighted by Gasteiger charge is -2.01. The first-order chi connectivity index (χ1) is 8.22. The van der Waals surface area contributed by atoms with Crippen molar-refractivity contribution in [2.45, 2.75) is 19.8 Å². The number of H-pyrrole nitrogens is 1. The number of nitrogens with one attached hydrogen (secondary N) is 2. The Kier molecular flexibility index (Phi) is 3.42. The summed E-state index contributed by atoms with van der Waals surface area (Å²) in [6.45, 7) is 2.71. The summed E-state index contributed by atoms with van der Waals surface area (Å²) in [5.74, 6) is -0.500. The van der Waals surface area contributed by atoms with Crippen LogP contribution in [0.3, 0.4) is 0 Å². The Morgan fingerprint density at radius 3 is 3.00 bits per heavy atom. The van der Waals surface area contributed by atoms with E-state index in [1.165, 1.54) is 6.07 Å². The fourth-order valence-corrected chi connectivity index (χ4v) is 1.71. The number of fused-ring (bicyclic) bond motifs is 1. The molecule has 1 heterocycles. The van der Waals surface area contributed by atoms with Crippen LogP contribution in [0.4, 0.5) is 4.39 Å². The molecule has 0 spiro atoms. The van der Waals surface area contributed by atoms with Gasteiger partial charge in [0.2, 0.25) is 0 Å². The fraction of sp³-hybridized carbons (Fsp3) is 0.308. The van der Waals surface area contributed by atoms with Gasteiger partial charge in [-0.1, -0.05) is 19.4 Å². The highest BCUT2D eigenvalue weighted by molar-refractivity contribution is 5.98. The molecule has 90 valence electrons. The second kappa shape index (κ2) is 4.99. The largest absolute Gasteiger partial charge is 0.351 e. The average molecular weight is 234 g/mol. The number of rotatable bonds is 4. The maximum absolute atomic E-state index is 13.4. The smallest absolute Gasteiger partial charge is 0.267 e. The third-order valence-electron chi connectivity index (χ3n) is 2.67. The summed E-state index contributed by atoms with van der Waals surface area (Å²) in [7, 11) is 0. The van der Waals surface area contributed by atoms with E-state index in [9.17, 15) is 9.18 Å². The van der Waals surface area contributed by atoms with Crippen molar-refractivity contribution in [1.82, 2.24) is 10.3 Å². The molecule has 3 nitrogen and oxygen atoms in total. The Morgan fingerprint density at radius 1 is 1.47 bits per heavy atom. The van der Waals surface area contributed by atoms with Gasteiger partial charge in [0.1, 0.15) is 11.5 Å². The average Bonchev–Trinajstić information content (AvgIpc) is 2.75. The van der Waals surface area contributed by atoms with Crippen LogP contribution in [0, 0.1) is 5.82 Å². The molecule has 17 heavy (non-hydrogen) atoms. The molecule has 0 radical (unpaired) electrons. The van der Waals surface area contributed by atoms with E-state index in [-0.39, 0.29) is 11.7 Å². The number of carbonyl (C=O) groups is 1. The molecule has 1 aromatic carbocycles. The summed E-state index contributed by atoms with van der Waals surface area (Å²) in [6.07, 6.45) is 1.97. The molecule has 0 aliphatic heterocycles. The zero-order chi connectivity index (χ0) is 12.3. The summed E-state index contributed by atoms with van der Waals surface area (Å²) in [6, 6.07) is 6.30.